The maximum Gasteiger partial charge on any atom is 0.237 e. The molecule has 218 valence electrons. The number of benzene rings is 2. The molecule has 3 rings (SSSR count). The van der Waals surface area contributed by atoms with Gasteiger partial charge >= 0.3 is 0 Å². The first-order chi connectivity index (χ1) is 19.7. The Morgan fingerprint density at radius 1 is 0.829 bits per heavy atom. The SMILES string of the molecule is COc1cc(OC)c(C=CS(=O)(=O)Cc2cnc(OC)c(NC=CC(=O)c3ccc(OC)c(OC)c3)c2)c(OC)c1. The average molecular weight is 585 g/mol. The molecular weight excluding hydrogens is 552 g/mol. The minimum Gasteiger partial charge on any atom is -0.496 e. The molecule has 0 bridgehead atoms. The number of carbonyl (C=O) groups is 1. The molecule has 1 N–H and O–H groups in total. The van der Waals surface area contributed by atoms with Gasteiger partial charge in [0.15, 0.2) is 27.1 Å². The predicted octanol–water partition coefficient (Wildman–Crippen LogP) is 4.53. The fraction of sp³-hybridized carbons (Fsp3) is 0.241. The van der Waals surface area contributed by atoms with Gasteiger partial charge in [0.25, 0.3) is 0 Å². The van der Waals surface area contributed by atoms with Crippen molar-refractivity contribution in [3.63, 3.8) is 0 Å². The van der Waals surface area contributed by atoms with Crippen molar-refractivity contribution in [2.75, 3.05) is 48.0 Å². The number of rotatable bonds is 14. The van der Waals surface area contributed by atoms with Crippen LogP contribution in [-0.2, 0) is 15.6 Å². The van der Waals surface area contributed by atoms with Gasteiger partial charge in [-0.3, -0.25) is 4.79 Å². The molecule has 0 radical (unpaired) electrons. The molecule has 0 aliphatic carbocycles. The Kier molecular flexibility index (Phi) is 10.6. The van der Waals surface area contributed by atoms with E-state index in [0.29, 0.717) is 51.1 Å². The monoisotopic (exact) mass is 584 g/mol. The Bertz CT molecular complexity index is 1520. The van der Waals surface area contributed by atoms with E-state index in [0.717, 1.165) is 5.41 Å². The van der Waals surface area contributed by atoms with E-state index in [1.165, 1.54) is 67.2 Å². The molecule has 0 amide bonds. The lowest BCUT2D eigenvalue weighted by Gasteiger charge is -2.12. The van der Waals surface area contributed by atoms with Gasteiger partial charge in [0, 0.05) is 41.6 Å². The molecule has 12 heteroatoms. The molecule has 11 nitrogen and oxygen atoms in total. The highest BCUT2D eigenvalue weighted by Gasteiger charge is 2.15. The molecule has 0 saturated heterocycles. The molecule has 0 aliphatic heterocycles. The van der Waals surface area contributed by atoms with Gasteiger partial charge in [-0.05, 0) is 35.9 Å². The lowest BCUT2D eigenvalue weighted by Crippen LogP contribution is -2.04. The molecule has 0 atom stereocenters. The Balaban J connectivity index is 1.78. The van der Waals surface area contributed by atoms with Gasteiger partial charge in [-0.2, -0.15) is 0 Å². The zero-order valence-electron chi connectivity index (χ0n) is 23.6. The van der Waals surface area contributed by atoms with Crippen LogP contribution in [0.15, 0.2) is 60.3 Å². The Hall–Kier alpha value is -4.71. The lowest BCUT2D eigenvalue weighted by atomic mass is 10.1. The minimum absolute atomic E-state index is 0.220. The average Bonchev–Trinajstić information content (AvgIpc) is 2.98. The van der Waals surface area contributed by atoms with Crippen molar-refractivity contribution < 1.29 is 41.6 Å². The highest BCUT2D eigenvalue weighted by molar-refractivity contribution is 7.93. The number of carbonyl (C=O) groups excluding carboxylic acids is 1. The smallest absolute Gasteiger partial charge is 0.237 e. The van der Waals surface area contributed by atoms with Crippen molar-refractivity contribution in [3.05, 3.63) is 77.0 Å². The summed E-state index contributed by atoms with van der Waals surface area (Å²) in [7, 11) is 5.12. The highest BCUT2D eigenvalue weighted by Crippen LogP contribution is 2.35. The number of hydrogen-bond donors (Lipinski definition) is 1. The molecule has 0 saturated carbocycles. The standard InChI is InChI=1S/C29H32N2O9S/c1-35-21-15-26(37-3)22(27(16-21)38-4)10-12-41(33,34)18-19-13-23(29(40-6)31-17-19)30-11-9-24(32)20-7-8-25(36-2)28(14-20)39-5/h7-17,30H,18H2,1-6H3. The van der Waals surface area contributed by atoms with Gasteiger partial charge in [0.1, 0.15) is 22.9 Å². The van der Waals surface area contributed by atoms with Crippen molar-refractivity contribution in [3.8, 4) is 34.6 Å². The molecule has 0 aliphatic rings. The van der Waals surface area contributed by atoms with Crippen molar-refractivity contribution in [2.24, 2.45) is 0 Å². The van der Waals surface area contributed by atoms with Crippen LogP contribution in [0.3, 0.4) is 0 Å². The minimum atomic E-state index is -3.74. The summed E-state index contributed by atoms with van der Waals surface area (Å²) in [5.74, 6) is 1.80. The van der Waals surface area contributed by atoms with Crippen LogP contribution in [0.5, 0.6) is 34.6 Å². The third-order valence-electron chi connectivity index (χ3n) is 5.81. The summed E-state index contributed by atoms with van der Waals surface area (Å²) in [5, 5.41) is 4.02. The number of anilines is 1. The van der Waals surface area contributed by atoms with Gasteiger partial charge in [0.2, 0.25) is 5.88 Å². The molecule has 41 heavy (non-hydrogen) atoms. The molecule has 0 spiro atoms. The largest absolute Gasteiger partial charge is 0.496 e. The number of ether oxygens (including phenoxy) is 6. The Morgan fingerprint density at radius 2 is 1.49 bits per heavy atom. The van der Waals surface area contributed by atoms with Gasteiger partial charge in [-0.25, -0.2) is 13.4 Å². The van der Waals surface area contributed by atoms with E-state index in [9.17, 15) is 13.2 Å². The van der Waals surface area contributed by atoms with E-state index in [1.54, 1.807) is 36.4 Å². The van der Waals surface area contributed by atoms with E-state index < -0.39 is 9.84 Å². The number of nitrogens with zero attached hydrogens (tertiary/aromatic N) is 1. The van der Waals surface area contributed by atoms with Crippen LogP contribution in [-0.4, -0.2) is 61.8 Å². The molecule has 0 fully saturated rings. The number of methoxy groups -OCH3 is 6. The van der Waals surface area contributed by atoms with E-state index in [-0.39, 0.29) is 17.4 Å². The number of sulfone groups is 1. The fourth-order valence-electron chi connectivity index (χ4n) is 3.78. The maximum atomic E-state index is 13.0. The molecule has 1 heterocycles. The summed E-state index contributed by atoms with van der Waals surface area (Å²) >= 11 is 0. The zero-order valence-corrected chi connectivity index (χ0v) is 24.4. The van der Waals surface area contributed by atoms with Crippen LogP contribution in [0, 0.1) is 0 Å². The van der Waals surface area contributed by atoms with Gasteiger partial charge in [-0.15, -0.1) is 0 Å². The third-order valence-corrected chi connectivity index (χ3v) is 7.09. The van der Waals surface area contributed by atoms with Crippen LogP contribution >= 0.6 is 0 Å². The summed E-state index contributed by atoms with van der Waals surface area (Å²) in [6.45, 7) is 0. The maximum absolute atomic E-state index is 13.0. The van der Waals surface area contributed by atoms with Crippen LogP contribution in [0.4, 0.5) is 5.69 Å². The van der Waals surface area contributed by atoms with E-state index in [4.69, 9.17) is 28.4 Å². The van der Waals surface area contributed by atoms with Crippen molar-refractivity contribution >= 4 is 27.4 Å². The van der Waals surface area contributed by atoms with E-state index in [2.05, 4.69) is 10.3 Å². The van der Waals surface area contributed by atoms with Crippen LogP contribution in [0.2, 0.25) is 0 Å². The summed E-state index contributed by atoms with van der Waals surface area (Å²) in [6, 6.07) is 9.67. The lowest BCUT2D eigenvalue weighted by molar-refractivity contribution is 0.104. The second-order valence-corrected chi connectivity index (χ2v) is 10.3. The van der Waals surface area contributed by atoms with Crippen molar-refractivity contribution in [2.45, 2.75) is 5.75 Å². The number of nitrogens with one attached hydrogen (secondary N) is 1. The second-order valence-electron chi connectivity index (χ2n) is 8.37. The molecule has 3 aromatic rings. The van der Waals surface area contributed by atoms with E-state index >= 15 is 0 Å². The van der Waals surface area contributed by atoms with Crippen LogP contribution in [0.25, 0.3) is 6.08 Å². The zero-order chi connectivity index (χ0) is 30.0. The summed E-state index contributed by atoms with van der Waals surface area (Å²) in [4.78, 5) is 16.8. The topological polar surface area (TPSA) is 132 Å². The third kappa shape index (κ3) is 7.92. The normalized spacial score (nSPS) is 11.4. The Morgan fingerprint density at radius 3 is 2.07 bits per heavy atom. The fourth-order valence-corrected chi connectivity index (χ4v) is 4.84. The van der Waals surface area contributed by atoms with Crippen LogP contribution < -0.4 is 33.7 Å². The number of ketones is 1. The first kappa shape index (κ1) is 30.8. The molecule has 0 unspecified atom stereocenters. The molecule has 2 aromatic carbocycles. The number of hydrogen-bond acceptors (Lipinski definition) is 11. The van der Waals surface area contributed by atoms with Gasteiger partial charge in [0.05, 0.1) is 54.0 Å². The number of allylic oxidation sites excluding steroid dienone is 1. The van der Waals surface area contributed by atoms with Crippen LogP contribution in [0.1, 0.15) is 21.5 Å². The van der Waals surface area contributed by atoms with E-state index in [1.807, 2.05) is 0 Å². The van der Waals surface area contributed by atoms with Crippen molar-refractivity contribution in [1.82, 2.24) is 4.98 Å². The second kappa shape index (κ2) is 14.1. The first-order valence-electron chi connectivity index (χ1n) is 12.1. The predicted molar refractivity (Wildman–Crippen MR) is 155 cm³/mol. The van der Waals surface area contributed by atoms with Gasteiger partial charge in [-0.1, -0.05) is 0 Å². The summed E-state index contributed by atoms with van der Waals surface area (Å²) in [5.41, 5.74) is 1.60. The Labute approximate surface area is 239 Å². The quantitative estimate of drug-likeness (QED) is 0.212. The number of aromatic nitrogens is 1. The summed E-state index contributed by atoms with van der Waals surface area (Å²) < 4.78 is 57.7. The number of pyridine rings is 1. The molecular formula is C29H32N2O9S. The highest BCUT2D eigenvalue weighted by atomic mass is 32.2. The van der Waals surface area contributed by atoms with Crippen molar-refractivity contribution in [1.29, 1.82) is 0 Å². The molecule has 1 aromatic heterocycles. The van der Waals surface area contributed by atoms with Gasteiger partial charge < -0.3 is 33.7 Å². The summed E-state index contributed by atoms with van der Waals surface area (Å²) in [6.07, 6.45) is 5.55. The first-order valence-corrected chi connectivity index (χ1v) is 13.8.